The van der Waals surface area contributed by atoms with Gasteiger partial charge in [-0.1, -0.05) is 11.8 Å². The molecular formula is C15H10O6. The fourth-order valence-corrected chi connectivity index (χ4v) is 1.63. The Balaban J connectivity index is 2.41. The molecule has 1 aromatic heterocycles. The van der Waals surface area contributed by atoms with Gasteiger partial charge in [-0.15, -0.1) is 0 Å². The highest BCUT2D eigenvalue weighted by molar-refractivity contribution is 5.87. The molecule has 0 aliphatic rings. The molecule has 1 aromatic carbocycles. The van der Waals surface area contributed by atoms with E-state index in [9.17, 15) is 14.4 Å². The molecule has 1 N–H and O–H groups in total. The Morgan fingerprint density at radius 2 is 2.10 bits per heavy atom. The van der Waals surface area contributed by atoms with Gasteiger partial charge in [0.2, 0.25) is 5.76 Å². The molecule has 0 atom stereocenters. The number of benzene rings is 1. The third kappa shape index (κ3) is 3.28. The minimum Gasteiger partial charge on any atom is -0.475 e. The number of rotatable bonds is 2. The van der Waals surface area contributed by atoms with Gasteiger partial charge >= 0.3 is 11.9 Å². The first-order chi connectivity index (χ1) is 10.0. The Morgan fingerprint density at radius 1 is 1.33 bits per heavy atom. The van der Waals surface area contributed by atoms with Gasteiger partial charge in [0.15, 0.2) is 5.43 Å². The van der Waals surface area contributed by atoms with Crippen molar-refractivity contribution in [1.29, 1.82) is 0 Å². The highest BCUT2D eigenvalue weighted by Gasteiger charge is 2.10. The normalized spacial score (nSPS) is 9.76. The zero-order chi connectivity index (χ0) is 15.4. The van der Waals surface area contributed by atoms with Crippen molar-refractivity contribution in [3.63, 3.8) is 0 Å². The van der Waals surface area contributed by atoms with Crippen molar-refractivity contribution in [2.45, 2.75) is 6.42 Å². The molecule has 0 aliphatic carbocycles. The summed E-state index contributed by atoms with van der Waals surface area (Å²) in [6, 6.07) is 5.43. The topological polar surface area (TPSA) is 93.8 Å². The predicted molar refractivity (Wildman–Crippen MR) is 73.0 cm³/mol. The second-order valence-electron chi connectivity index (χ2n) is 4.05. The van der Waals surface area contributed by atoms with E-state index in [0.29, 0.717) is 5.56 Å². The molecule has 2 aromatic rings. The summed E-state index contributed by atoms with van der Waals surface area (Å²) in [4.78, 5) is 33.6. The first kappa shape index (κ1) is 14.3. The average molecular weight is 286 g/mol. The molecule has 2 rings (SSSR count). The van der Waals surface area contributed by atoms with E-state index in [1.807, 2.05) is 0 Å². The smallest absolute Gasteiger partial charge is 0.371 e. The number of hydrogen-bond donors (Lipinski definition) is 1. The van der Waals surface area contributed by atoms with Gasteiger partial charge in [0.1, 0.15) is 12.0 Å². The van der Waals surface area contributed by atoms with Gasteiger partial charge in [-0.25, -0.2) is 4.79 Å². The Bertz CT molecular complexity index is 835. The van der Waals surface area contributed by atoms with E-state index in [-0.39, 0.29) is 17.4 Å². The highest BCUT2D eigenvalue weighted by Crippen LogP contribution is 2.14. The number of esters is 1. The van der Waals surface area contributed by atoms with E-state index in [0.717, 1.165) is 6.07 Å². The van der Waals surface area contributed by atoms with Gasteiger partial charge in [0, 0.05) is 11.6 Å². The lowest BCUT2D eigenvalue weighted by molar-refractivity contribution is -0.139. The SMILES string of the molecule is COC(=O)CC#Cc1ccc2oc(C(=O)O)cc(=O)c2c1. The van der Waals surface area contributed by atoms with Crippen LogP contribution in [0.4, 0.5) is 0 Å². The molecule has 6 heteroatoms. The Kier molecular flexibility index (Phi) is 4.05. The van der Waals surface area contributed by atoms with Gasteiger partial charge in [-0.3, -0.25) is 9.59 Å². The minimum absolute atomic E-state index is 0.0545. The Morgan fingerprint density at radius 3 is 2.76 bits per heavy atom. The van der Waals surface area contributed by atoms with Crippen LogP contribution in [0.25, 0.3) is 11.0 Å². The zero-order valence-corrected chi connectivity index (χ0v) is 11.0. The van der Waals surface area contributed by atoms with Crippen LogP contribution in [0.5, 0.6) is 0 Å². The van der Waals surface area contributed by atoms with Gasteiger partial charge < -0.3 is 14.3 Å². The summed E-state index contributed by atoms with van der Waals surface area (Å²) < 4.78 is 9.55. The molecule has 106 valence electrons. The molecule has 0 saturated carbocycles. The third-order valence-electron chi connectivity index (χ3n) is 2.63. The van der Waals surface area contributed by atoms with Crippen molar-refractivity contribution in [2.24, 2.45) is 0 Å². The van der Waals surface area contributed by atoms with Crippen molar-refractivity contribution >= 4 is 22.9 Å². The maximum Gasteiger partial charge on any atom is 0.371 e. The maximum atomic E-state index is 11.8. The van der Waals surface area contributed by atoms with Gasteiger partial charge in [-0.05, 0) is 18.2 Å². The molecule has 21 heavy (non-hydrogen) atoms. The fraction of sp³-hybridized carbons (Fsp3) is 0.133. The van der Waals surface area contributed by atoms with Crippen LogP contribution in [0.3, 0.4) is 0 Å². The summed E-state index contributed by atoms with van der Waals surface area (Å²) in [5.41, 5.74) is 0.213. The molecule has 0 fully saturated rings. The average Bonchev–Trinajstić information content (AvgIpc) is 2.47. The predicted octanol–water partition coefficient (Wildman–Crippen LogP) is 1.41. The van der Waals surface area contributed by atoms with Gasteiger partial charge in [-0.2, -0.15) is 0 Å². The molecule has 0 spiro atoms. The molecule has 0 bridgehead atoms. The number of aromatic carboxylic acids is 1. The molecule has 0 aliphatic heterocycles. The van der Waals surface area contributed by atoms with Crippen molar-refractivity contribution in [2.75, 3.05) is 7.11 Å². The summed E-state index contributed by atoms with van der Waals surface area (Å²) in [6.07, 6.45) is -0.0545. The third-order valence-corrected chi connectivity index (χ3v) is 2.63. The number of ether oxygens (including phenoxy) is 1. The summed E-state index contributed by atoms with van der Waals surface area (Å²) in [7, 11) is 1.27. The molecule has 6 nitrogen and oxygen atoms in total. The van der Waals surface area contributed by atoms with Crippen LogP contribution in [0.15, 0.2) is 33.5 Å². The molecule has 0 saturated heterocycles. The maximum absolute atomic E-state index is 11.8. The van der Waals surface area contributed by atoms with Crippen LogP contribution in [-0.4, -0.2) is 24.2 Å². The summed E-state index contributed by atoms with van der Waals surface area (Å²) in [5, 5.41) is 9.04. The van der Waals surface area contributed by atoms with Gasteiger partial charge in [0.05, 0.1) is 12.5 Å². The lowest BCUT2D eigenvalue weighted by Gasteiger charge is -1.99. The molecule has 0 unspecified atom stereocenters. The molecule has 0 amide bonds. The number of carboxylic acids is 1. The van der Waals surface area contributed by atoms with E-state index in [1.165, 1.54) is 19.2 Å². The zero-order valence-electron chi connectivity index (χ0n) is 11.0. The first-order valence-electron chi connectivity index (χ1n) is 5.88. The minimum atomic E-state index is -1.31. The van der Waals surface area contributed by atoms with Gasteiger partial charge in [0.25, 0.3) is 0 Å². The van der Waals surface area contributed by atoms with E-state index < -0.39 is 23.1 Å². The standard InChI is InChI=1S/C15H10O6/c1-20-14(17)4-2-3-9-5-6-12-10(7-9)11(16)8-13(21-12)15(18)19/h5-8H,4H2,1H3,(H,18,19). The van der Waals surface area contributed by atoms with Crippen molar-refractivity contribution in [1.82, 2.24) is 0 Å². The number of carbonyl (C=O) groups excluding carboxylic acids is 1. The fourth-order valence-electron chi connectivity index (χ4n) is 1.63. The number of carboxylic acid groups (broad SMARTS) is 1. The largest absolute Gasteiger partial charge is 0.475 e. The van der Waals surface area contributed by atoms with Crippen molar-refractivity contribution in [3.8, 4) is 11.8 Å². The summed E-state index contributed by atoms with van der Waals surface area (Å²) in [6.45, 7) is 0. The van der Waals surface area contributed by atoms with E-state index in [2.05, 4.69) is 16.6 Å². The number of fused-ring (bicyclic) bond motifs is 1. The second-order valence-corrected chi connectivity index (χ2v) is 4.05. The highest BCUT2D eigenvalue weighted by atomic mass is 16.5. The van der Waals surface area contributed by atoms with Crippen LogP contribution in [0, 0.1) is 11.8 Å². The van der Waals surface area contributed by atoms with Crippen LogP contribution in [0.1, 0.15) is 22.5 Å². The summed E-state index contributed by atoms with van der Waals surface area (Å²) in [5.74, 6) is 3.15. The summed E-state index contributed by atoms with van der Waals surface area (Å²) >= 11 is 0. The Hall–Kier alpha value is -3.07. The van der Waals surface area contributed by atoms with Crippen molar-refractivity contribution in [3.05, 3.63) is 45.8 Å². The van der Waals surface area contributed by atoms with Crippen LogP contribution < -0.4 is 5.43 Å². The quantitative estimate of drug-likeness (QED) is 0.662. The van der Waals surface area contributed by atoms with Crippen molar-refractivity contribution < 1.29 is 23.8 Å². The van der Waals surface area contributed by atoms with E-state index in [1.54, 1.807) is 6.07 Å². The second kappa shape index (κ2) is 5.92. The molecule has 0 radical (unpaired) electrons. The Labute approximate surface area is 118 Å². The van der Waals surface area contributed by atoms with Crippen LogP contribution >= 0.6 is 0 Å². The molecule has 1 heterocycles. The number of hydrogen-bond acceptors (Lipinski definition) is 5. The monoisotopic (exact) mass is 286 g/mol. The lowest BCUT2D eigenvalue weighted by Crippen LogP contribution is -2.06. The van der Waals surface area contributed by atoms with Crippen LogP contribution in [-0.2, 0) is 9.53 Å². The number of methoxy groups -OCH3 is 1. The first-order valence-corrected chi connectivity index (χ1v) is 5.88. The number of carbonyl (C=O) groups is 2. The van der Waals surface area contributed by atoms with Crippen LogP contribution in [0.2, 0.25) is 0 Å². The lowest BCUT2D eigenvalue weighted by atomic mass is 10.1. The van der Waals surface area contributed by atoms with E-state index in [4.69, 9.17) is 9.52 Å². The molecular weight excluding hydrogens is 276 g/mol. The van der Waals surface area contributed by atoms with E-state index >= 15 is 0 Å².